The fraction of sp³-hybridized carbons (Fsp3) is 1.00. The second-order valence-electron chi connectivity index (χ2n) is 0.509. The maximum Gasteiger partial charge on any atom is 1.00 e. The van der Waals surface area contributed by atoms with Gasteiger partial charge in [0.25, 0.3) is 0 Å². The molecule has 0 radical (unpaired) electrons. The van der Waals surface area contributed by atoms with Crippen LogP contribution in [0, 0.1) is 0 Å². The van der Waals surface area contributed by atoms with Gasteiger partial charge in [0, 0.05) is 10.4 Å². The van der Waals surface area contributed by atoms with E-state index in [4.69, 9.17) is 40.7 Å². The first-order chi connectivity index (χ1) is 3.41. The summed E-state index contributed by atoms with van der Waals surface area (Å²) in [6.07, 6.45) is 0. The number of hydrogen-bond donors (Lipinski definition) is 0. The minimum absolute atomic E-state index is 0. The normalized spacial score (nSPS) is 7.60. The summed E-state index contributed by atoms with van der Waals surface area (Å²) in [6.45, 7) is 0. The molecule has 0 saturated heterocycles. The maximum atomic E-state index is 8.52. The minimum atomic E-state index is -5.17. The van der Waals surface area contributed by atoms with Gasteiger partial charge in [-0.15, -0.1) is 23.2 Å². The smallest absolute Gasteiger partial charge is 0.759 e. The summed E-state index contributed by atoms with van der Waals surface area (Å²) >= 11 is 9.53. The molecule has 0 spiro atoms. The summed E-state index contributed by atoms with van der Waals surface area (Å²) in [4.78, 5) is 0. The zero-order valence-corrected chi connectivity index (χ0v) is 11.8. The van der Waals surface area contributed by atoms with E-state index < -0.39 is 10.4 Å². The van der Waals surface area contributed by atoms with Crippen LogP contribution in [0.15, 0.2) is 0 Å². The molecule has 0 aliphatic rings. The van der Waals surface area contributed by atoms with E-state index in [1.54, 1.807) is 0 Å². The average molecular weight is 227 g/mol. The molecule has 0 aliphatic carbocycles. The summed E-state index contributed by atoms with van der Waals surface area (Å²) in [5, 5.41) is 0.194. The molecule has 10 heavy (non-hydrogen) atoms. The Morgan fingerprint density at radius 1 is 1.10 bits per heavy atom. The summed E-state index contributed by atoms with van der Waals surface area (Å²) in [7, 11) is -5.17. The van der Waals surface area contributed by atoms with E-state index in [0.29, 0.717) is 0 Å². The van der Waals surface area contributed by atoms with E-state index in [0.717, 1.165) is 0 Å². The summed E-state index contributed by atoms with van der Waals surface area (Å²) in [5.41, 5.74) is 0. The predicted molar refractivity (Wildman–Crippen MR) is 27.0 cm³/mol. The summed E-state index contributed by atoms with van der Waals surface area (Å²) in [5.74, 6) is 0. The molecule has 0 heterocycles. The Morgan fingerprint density at radius 3 is 1.10 bits per heavy atom. The van der Waals surface area contributed by atoms with Crippen molar-refractivity contribution in [3.63, 3.8) is 0 Å². The third-order valence-corrected chi connectivity index (χ3v) is 0. The van der Waals surface area contributed by atoms with Gasteiger partial charge in [0.2, 0.25) is 0 Å². The summed E-state index contributed by atoms with van der Waals surface area (Å²) < 4.78 is 34.1. The van der Waals surface area contributed by atoms with Crippen molar-refractivity contribution in [2.75, 3.05) is 5.34 Å². The average Bonchev–Trinajstić information content (AvgIpc) is 1.27. The molecule has 0 saturated carbocycles. The van der Waals surface area contributed by atoms with E-state index in [1.165, 1.54) is 0 Å². The molecule has 52 valence electrons. The van der Waals surface area contributed by atoms with Gasteiger partial charge in [0.05, 0.1) is 5.34 Å². The Bertz CT molecular complexity index is 115. The fourth-order valence-electron chi connectivity index (χ4n) is 0. The Morgan fingerprint density at radius 2 is 1.10 bits per heavy atom. The van der Waals surface area contributed by atoms with Crippen molar-refractivity contribution in [3.8, 4) is 0 Å². The van der Waals surface area contributed by atoms with Crippen molar-refractivity contribution >= 4 is 33.6 Å². The van der Waals surface area contributed by atoms with Crippen LogP contribution >= 0.6 is 23.2 Å². The number of halogens is 2. The van der Waals surface area contributed by atoms with E-state index in [-0.39, 0.29) is 64.5 Å². The fourth-order valence-corrected chi connectivity index (χ4v) is 0. The van der Waals surface area contributed by atoms with E-state index in [1.807, 2.05) is 0 Å². The topological polar surface area (TPSA) is 80.3 Å². The van der Waals surface area contributed by atoms with Crippen LogP contribution in [0.25, 0.3) is 0 Å². The Kier molecular flexibility index (Phi) is 32.0. The molecule has 0 aromatic carbocycles. The molecule has 0 bridgehead atoms. The zero-order chi connectivity index (χ0) is 7.21. The molecule has 0 amide bonds. The number of alkyl halides is 2. The standard InChI is InChI=1S/CH2Cl2.2Na.H2O4S/c2-1-3;;;1-5(2,3)4/h1H2;;;(H2,1,2,3,4)/q;2*+1;/p-2. The van der Waals surface area contributed by atoms with Crippen molar-refractivity contribution in [2.45, 2.75) is 0 Å². The van der Waals surface area contributed by atoms with Gasteiger partial charge in [-0.05, 0) is 0 Å². The van der Waals surface area contributed by atoms with Crippen molar-refractivity contribution in [3.05, 3.63) is 0 Å². The Balaban J connectivity index is -0.0000000326. The van der Waals surface area contributed by atoms with Crippen molar-refractivity contribution in [1.29, 1.82) is 0 Å². The monoisotopic (exact) mass is 226 g/mol. The molecule has 0 aromatic rings. The van der Waals surface area contributed by atoms with E-state index >= 15 is 0 Å². The molecule has 0 aromatic heterocycles. The van der Waals surface area contributed by atoms with Crippen LogP contribution < -0.4 is 59.1 Å². The SMILES string of the molecule is ClCCl.O=S(=O)([O-])[O-].[Na+].[Na+]. The van der Waals surface area contributed by atoms with Crippen LogP contribution in [0.1, 0.15) is 0 Å². The largest absolute Gasteiger partial charge is 1.00 e. The molecule has 4 nitrogen and oxygen atoms in total. The van der Waals surface area contributed by atoms with Gasteiger partial charge in [0.1, 0.15) is 0 Å². The van der Waals surface area contributed by atoms with Gasteiger partial charge >= 0.3 is 59.1 Å². The Labute approximate surface area is 114 Å². The van der Waals surface area contributed by atoms with Crippen LogP contribution in [0.3, 0.4) is 0 Å². The van der Waals surface area contributed by atoms with E-state index in [2.05, 4.69) is 0 Å². The molecular formula is CH2Cl2Na2O4S. The molecule has 0 unspecified atom stereocenters. The molecule has 0 rings (SSSR count). The molecular weight excluding hydrogens is 225 g/mol. The van der Waals surface area contributed by atoms with Gasteiger partial charge in [-0.25, -0.2) is 0 Å². The third-order valence-electron chi connectivity index (χ3n) is 0. The molecule has 9 heteroatoms. The first kappa shape index (κ1) is 22.9. The molecule has 0 atom stereocenters. The second kappa shape index (κ2) is 14.0. The van der Waals surface area contributed by atoms with Gasteiger partial charge in [-0.2, -0.15) is 0 Å². The molecule has 0 aliphatic heterocycles. The maximum absolute atomic E-state index is 8.52. The van der Waals surface area contributed by atoms with Crippen molar-refractivity contribution in [2.24, 2.45) is 0 Å². The van der Waals surface area contributed by atoms with E-state index in [9.17, 15) is 0 Å². The number of rotatable bonds is 0. The first-order valence-electron chi connectivity index (χ1n) is 1.20. The van der Waals surface area contributed by atoms with Crippen molar-refractivity contribution in [1.82, 2.24) is 0 Å². The molecule has 0 N–H and O–H groups in total. The van der Waals surface area contributed by atoms with Crippen LogP contribution in [-0.4, -0.2) is 22.9 Å². The minimum Gasteiger partial charge on any atom is -0.759 e. The van der Waals surface area contributed by atoms with Crippen LogP contribution in [-0.2, 0) is 10.4 Å². The summed E-state index contributed by atoms with van der Waals surface area (Å²) in [6, 6.07) is 0. The first-order valence-corrected chi connectivity index (χ1v) is 3.60. The Hall–Kier alpha value is 2.45. The number of hydrogen-bond acceptors (Lipinski definition) is 4. The van der Waals surface area contributed by atoms with Crippen LogP contribution in [0.4, 0.5) is 0 Å². The van der Waals surface area contributed by atoms with Crippen molar-refractivity contribution < 1.29 is 76.6 Å². The molecule has 0 fully saturated rings. The zero-order valence-electron chi connectivity index (χ0n) is 5.50. The van der Waals surface area contributed by atoms with Gasteiger partial charge < -0.3 is 9.11 Å². The van der Waals surface area contributed by atoms with Crippen LogP contribution in [0.5, 0.6) is 0 Å². The van der Waals surface area contributed by atoms with Gasteiger partial charge in [-0.3, -0.25) is 8.42 Å². The van der Waals surface area contributed by atoms with Gasteiger partial charge in [0.15, 0.2) is 0 Å². The van der Waals surface area contributed by atoms with Crippen LogP contribution in [0.2, 0.25) is 0 Å². The second-order valence-corrected chi connectivity index (χ2v) is 2.13. The predicted octanol–water partition coefficient (Wildman–Crippen LogP) is -5.91. The quantitative estimate of drug-likeness (QED) is 0.178. The third kappa shape index (κ3) is 155. The van der Waals surface area contributed by atoms with Gasteiger partial charge in [-0.1, -0.05) is 0 Å².